The van der Waals surface area contributed by atoms with Gasteiger partial charge in [0.25, 0.3) is 0 Å². The molecule has 0 aromatic heterocycles. The summed E-state index contributed by atoms with van der Waals surface area (Å²) in [4.78, 5) is 23.5. The molecule has 6 heteroatoms. The molecular weight excluding hydrogens is 298 g/mol. The minimum Gasteiger partial charge on any atom is -0.497 e. The highest BCUT2D eigenvalue weighted by molar-refractivity contribution is 5.93. The fourth-order valence-corrected chi connectivity index (χ4v) is 3.30. The topological polar surface area (TPSA) is 84.9 Å². The lowest BCUT2D eigenvalue weighted by molar-refractivity contribution is -0.140. The van der Waals surface area contributed by atoms with E-state index < -0.39 is 11.4 Å². The van der Waals surface area contributed by atoms with Crippen LogP contribution in [-0.2, 0) is 9.59 Å². The van der Waals surface area contributed by atoms with Crippen molar-refractivity contribution in [1.29, 1.82) is 0 Å². The van der Waals surface area contributed by atoms with Crippen molar-refractivity contribution in [2.75, 3.05) is 19.5 Å². The van der Waals surface area contributed by atoms with Crippen LogP contribution in [0.3, 0.4) is 0 Å². The van der Waals surface area contributed by atoms with Crippen molar-refractivity contribution >= 4 is 17.6 Å². The molecule has 0 heterocycles. The summed E-state index contributed by atoms with van der Waals surface area (Å²) in [7, 11) is 3.08. The number of amides is 1. The van der Waals surface area contributed by atoms with E-state index in [1.165, 1.54) is 7.11 Å². The summed E-state index contributed by atoms with van der Waals surface area (Å²) in [5.41, 5.74) is 0.136. The molecule has 2 rings (SSSR count). The predicted octanol–water partition coefficient (Wildman–Crippen LogP) is 3.07. The first-order chi connectivity index (χ1) is 11.0. The van der Waals surface area contributed by atoms with Crippen molar-refractivity contribution in [3.63, 3.8) is 0 Å². The van der Waals surface area contributed by atoms with Crippen LogP contribution < -0.4 is 14.8 Å². The third-order valence-electron chi connectivity index (χ3n) is 4.41. The molecule has 0 aliphatic heterocycles. The number of aliphatic carboxylic acids is 1. The zero-order chi connectivity index (χ0) is 16.9. The van der Waals surface area contributed by atoms with E-state index in [4.69, 9.17) is 14.6 Å². The molecule has 1 amide bonds. The van der Waals surface area contributed by atoms with Gasteiger partial charge in [-0.2, -0.15) is 0 Å². The van der Waals surface area contributed by atoms with Crippen LogP contribution in [0.4, 0.5) is 5.69 Å². The molecule has 1 aliphatic carbocycles. The number of benzene rings is 1. The summed E-state index contributed by atoms with van der Waals surface area (Å²) >= 11 is 0. The minimum absolute atomic E-state index is 0.0418. The number of rotatable bonds is 7. The van der Waals surface area contributed by atoms with Gasteiger partial charge < -0.3 is 19.9 Å². The van der Waals surface area contributed by atoms with Crippen LogP contribution in [-0.4, -0.2) is 31.2 Å². The second kappa shape index (κ2) is 7.35. The van der Waals surface area contributed by atoms with Crippen molar-refractivity contribution in [1.82, 2.24) is 0 Å². The van der Waals surface area contributed by atoms with Crippen molar-refractivity contribution in [2.24, 2.45) is 5.41 Å². The van der Waals surface area contributed by atoms with Gasteiger partial charge in [0.15, 0.2) is 0 Å². The number of carboxylic acid groups (broad SMARTS) is 1. The number of anilines is 1. The molecule has 1 aromatic carbocycles. The van der Waals surface area contributed by atoms with E-state index in [1.54, 1.807) is 25.3 Å². The number of carbonyl (C=O) groups is 2. The quantitative estimate of drug-likeness (QED) is 0.806. The van der Waals surface area contributed by atoms with E-state index in [9.17, 15) is 9.59 Å². The number of carboxylic acids is 1. The highest BCUT2D eigenvalue weighted by Gasteiger charge is 2.38. The monoisotopic (exact) mass is 321 g/mol. The van der Waals surface area contributed by atoms with Gasteiger partial charge in [0.1, 0.15) is 11.5 Å². The third-order valence-corrected chi connectivity index (χ3v) is 4.41. The molecular formula is C17H23NO5. The Labute approximate surface area is 135 Å². The van der Waals surface area contributed by atoms with Gasteiger partial charge in [0.2, 0.25) is 5.91 Å². The number of ether oxygens (including phenoxy) is 2. The molecule has 1 fully saturated rings. The maximum atomic E-state index is 12.4. The smallest absolute Gasteiger partial charge is 0.303 e. The zero-order valence-corrected chi connectivity index (χ0v) is 13.6. The van der Waals surface area contributed by atoms with Crippen LogP contribution in [0.2, 0.25) is 0 Å². The van der Waals surface area contributed by atoms with Crippen LogP contribution in [0, 0.1) is 5.41 Å². The number of hydrogen-bond acceptors (Lipinski definition) is 4. The van der Waals surface area contributed by atoms with Gasteiger partial charge in [-0.1, -0.05) is 12.8 Å². The SMILES string of the molecule is COc1ccc(NC(=O)CC2(CC(=O)O)CCCC2)c(OC)c1. The van der Waals surface area contributed by atoms with Gasteiger partial charge in [0.05, 0.1) is 26.3 Å². The molecule has 0 radical (unpaired) electrons. The first-order valence-electron chi connectivity index (χ1n) is 7.72. The van der Waals surface area contributed by atoms with Crippen molar-refractivity contribution in [3.05, 3.63) is 18.2 Å². The Morgan fingerprint density at radius 3 is 2.43 bits per heavy atom. The zero-order valence-electron chi connectivity index (χ0n) is 13.6. The second-order valence-electron chi connectivity index (χ2n) is 6.07. The van der Waals surface area contributed by atoms with E-state index in [0.717, 1.165) is 25.7 Å². The molecule has 1 aliphatic rings. The fourth-order valence-electron chi connectivity index (χ4n) is 3.30. The van der Waals surface area contributed by atoms with Crippen LogP contribution in [0.1, 0.15) is 38.5 Å². The Morgan fingerprint density at radius 1 is 1.17 bits per heavy atom. The molecule has 1 aromatic rings. The normalized spacial score (nSPS) is 15.9. The summed E-state index contributed by atoms with van der Waals surface area (Å²) < 4.78 is 10.4. The molecule has 2 N–H and O–H groups in total. The van der Waals surface area contributed by atoms with Crippen LogP contribution in [0.25, 0.3) is 0 Å². The standard InChI is InChI=1S/C17H23NO5/c1-22-12-5-6-13(14(9-12)23-2)18-15(19)10-17(11-16(20)21)7-3-4-8-17/h5-6,9H,3-4,7-8,10-11H2,1-2H3,(H,18,19)(H,20,21). The number of carbonyl (C=O) groups excluding carboxylic acids is 1. The molecule has 0 atom stereocenters. The molecule has 0 unspecified atom stereocenters. The fraction of sp³-hybridized carbons (Fsp3) is 0.529. The van der Waals surface area contributed by atoms with Crippen LogP contribution in [0.5, 0.6) is 11.5 Å². The minimum atomic E-state index is -0.846. The van der Waals surface area contributed by atoms with Gasteiger partial charge >= 0.3 is 5.97 Å². The molecule has 0 spiro atoms. The summed E-state index contributed by atoms with van der Waals surface area (Å²) in [6.07, 6.45) is 3.78. The summed E-state index contributed by atoms with van der Waals surface area (Å²) in [6.45, 7) is 0. The summed E-state index contributed by atoms with van der Waals surface area (Å²) in [6, 6.07) is 5.15. The molecule has 23 heavy (non-hydrogen) atoms. The van der Waals surface area contributed by atoms with E-state index in [1.807, 2.05) is 0 Å². The average Bonchev–Trinajstić information content (AvgIpc) is 2.94. The average molecular weight is 321 g/mol. The Kier molecular flexibility index (Phi) is 5.47. The lowest BCUT2D eigenvalue weighted by Crippen LogP contribution is -2.27. The van der Waals surface area contributed by atoms with Gasteiger partial charge in [-0.05, 0) is 30.4 Å². The van der Waals surface area contributed by atoms with Gasteiger partial charge in [-0.25, -0.2) is 0 Å². The van der Waals surface area contributed by atoms with Crippen molar-refractivity contribution in [3.8, 4) is 11.5 Å². The van der Waals surface area contributed by atoms with E-state index in [2.05, 4.69) is 5.32 Å². The Hall–Kier alpha value is -2.24. The van der Waals surface area contributed by atoms with E-state index >= 15 is 0 Å². The lowest BCUT2D eigenvalue weighted by Gasteiger charge is -2.26. The number of hydrogen-bond donors (Lipinski definition) is 2. The van der Waals surface area contributed by atoms with Gasteiger partial charge in [-0.15, -0.1) is 0 Å². The van der Waals surface area contributed by atoms with Crippen LogP contribution in [0.15, 0.2) is 18.2 Å². The Morgan fingerprint density at radius 2 is 1.87 bits per heavy atom. The maximum absolute atomic E-state index is 12.4. The predicted molar refractivity (Wildman–Crippen MR) is 85.9 cm³/mol. The third kappa shape index (κ3) is 4.37. The van der Waals surface area contributed by atoms with Gasteiger partial charge in [0, 0.05) is 12.5 Å². The molecule has 1 saturated carbocycles. The number of nitrogens with one attached hydrogen (secondary N) is 1. The molecule has 6 nitrogen and oxygen atoms in total. The first-order valence-corrected chi connectivity index (χ1v) is 7.72. The van der Waals surface area contributed by atoms with Crippen molar-refractivity contribution < 1.29 is 24.2 Å². The van der Waals surface area contributed by atoms with E-state index in [-0.39, 0.29) is 18.7 Å². The Bertz CT molecular complexity index is 578. The largest absolute Gasteiger partial charge is 0.497 e. The molecule has 0 bridgehead atoms. The Balaban J connectivity index is 2.08. The van der Waals surface area contributed by atoms with E-state index in [0.29, 0.717) is 17.2 Å². The molecule has 126 valence electrons. The number of methoxy groups -OCH3 is 2. The second-order valence-corrected chi connectivity index (χ2v) is 6.07. The lowest BCUT2D eigenvalue weighted by atomic mass is 9.79. The maximum Gasteiger partial charge on any atom is 0.303 e. The van der Waals surface area contributed by atoms with Crippen LogP contribution >= 0.6 is 0 Å². The first kappa shape index (κ1) is 17.1. The summed E-state index contributed by atoms with van der Waals surface area (Å²) in [5.74, 6) is 0.118. The summed E-state index contributed by atoms with van der Waals surface area (Å²) in [5, 5.41) is 11.9. The molecule has 0 saturated heterocycles. The van der Waals surface area contributed by atoms with Crippen molar-refractivity contribution in [2.45, 2.75) is 38.5 Å². The highest BCUT2D eigenvalue weighted by Crippen LogP contribution is 2.44. The van der Waals surface area contributed by atoms with Gasteiger partial charge in [-0.3, -0.25) is 9.59 Å². The highest BCUT2D eigenvalue weighted by atomic mass is 16.5.